The summed E-state index contributed by atoms with van der Waals surface area (Å²) in [6.07, 6.45) is 5.68. The van der Waals surface area contributed by atoms with E-state index < -0.39 is 11.9 Å². The van der Waals surface area contributed by atoms with Crippen LogP contribution in [0.1, 0.15) is 26.4 Å². The number of nitrogens with one attached hydrogen (secondary N) is 1. The van der Waals surface area contributed by atoms with Crippen molar-refractivity contribution in [3.05, 3.63) is 77.9 Å². The zero-order valence-corrected chi connectivity index (χ0v) is 16.2. The molecule has 30 heavy (non-hydrogen) atoms. The lowest BCUT2D eigenvalue weighted by Gasteiger charge is -2.09. The van der Waals surface area contributed by atoms with Crippen LogP contribution >= 0.6 is 0 Å². The Balaban J connectivity index is 1.59. The molecule has 0 unspecified atom stereocenters. The van der Waals surface area contributed by atoms with Gasteiger partial charge in [0, 0.05) is 12.4 Å². The molecule has 152 valence electrons. The smallest absolute Gasteiger partial charge is 0.343 e. The largest absolute Gasteiger partial charge is 0.493 e. The minimum Gasteiger partial charge on any atom is -0.493 e. The number of benzene rings is 2. The maximum Gasteiger partial charge on any atom is 0.343 e. The SMILES string of the molecule is COc1ccc(C(=O)Oc2ccc(C=NNC(=O)c3cnccn3)cc2)cc1OC. The van der Waals surface area contributed by atoms with Gasteiger partial charge in [-0.25, -0.2) is 15.2 Å². The Bertz CT molecular complexity index is 1050. The topological polar surface area (TPSA) is 112 Å². The first-order valence-corrected chi connectivity index (χ1v) is 8.74. The van der Waals surface area contributed by atoms with Crippen LogP contribution in [0.25, 0.3) is 0 Å². The normalized spacial score (nSPS) is 10.5. The highest BCUT2D eigenvalue weighted by atomic mass is 16.5. The van der Waals surface area contributed by atoms with Crippen LogP contribution in [0.5, 0.6) is 17.2 Å². The Morgan fingerprint density at radius 1 is 1.00 bits per heavy atom. The molecule has 9 nitrogen and oxygen atoms in total. The number of rotatable bonds is 7. The van der Waals surface area contributed by atoms with E-state index in [-0.39, 0.29) is 5.69 Å². The molecule has 0 aliphatic carbocycles. The lowest BCUT2D eigenvalue weighted by atomic mass is 10.2. The van der Waals surface area contributed by atoms with Crippen molar-refractivity contribution in [3.63, 3.8) is 0 Å². The molecular formula is C21H18N4O5. The van der Waals surface area contributed by atoms with Gasteiger partial charge in [0.15, 0.2) is 11.5 Å². The van der Waals surface area contributed by atoms with Crippen molar-refractivity contribution in [2.75, 3.05) is 14.2 Å². The average Bonchev–Trinajstić information content (AvgIpc) is 2.80. The van der Waals surface area contributed by atoms with Gasteiger partial charge >= 0.3 is 5.97 Å². The molecule has 3 aromatic rings. The molecule has 2 aromatic carbocycles. The van der Waals surface area contributed by atoms with E-state index in [1.54, 1.807) is 42.5 Å². The molecule has 0 aliphatic heterocycles. The Morgan fingerprint density at radius 3 is 2.43 bits per heavy atom. The van der Waals surface area contributed by atoms with Gasteiger partial charge in [0.05, 0.1) is 32.2 Å². The van der Waals surface area contributed by atoms with E-state index in [2.05, 4.69) is 20.5 Å². The summed E-state index contributed by atoms with van der Waals surface area (Å²) in [5.74, 6) is 0.301. The van der Waals surface area contributed by atoms with Crippen LogP contribution in [0.15, 0.2) is 66.2 Å². The van der Waals surface area contributed by atoms with E-state index in [1.807, 2.05) is 0 Å². The predicted molar refractivity (Wildman–Crippen MR) is 108 cm³/mol. The lowest BCUT2D eigenvalue weighted by Crippen LogP contribution is -2.19. The second-order valence-corrected chi connectivity index (χ2v) is 5.82. The lowest BCUT2D eigenvalue weighted by molar-refractivity contribution is 0.0734. The summed E-state index contributed by atoms with van der Waals surface area (Å²) in [5.41, 5.74) is 3.53. The Labute approximate surface area is 172 Å². The summed E-state index contributed by atoms with van der Waals surface area (Å²) in [5, 5.41) is 3.87. The predicted octanol–water partition coefficient (Wildman–Crippen LogP) is 2.48. The summed E-state index contributed by atoms with van der Waals surface area (Å²) in [4.78, 5) is 31.9. The number of nitrogens with zero attached hydrogens (tertiary/aromatic N) is 3. The average molecular weight is 406 g/mol. The number of aromatic nitrogens is 2. The number of methoxy groups -OCH3 is 2. The van der Waals surface area contributed by atoms with E-state index in [0.717, 1.165) is 0 Å². The van der Waals surface area contributed by atoms with Crippen molar-refractivity contribution in [2.24, 2.45) is 5.10 Å². The monoisotopic (exact) mass is 406 g/mol. The molecule has 3 rings (SSSR count). The zero-order chi connectivity index (χ0) is 21.3. The number of hydrogen-bond acceptors (Lipinski definition) is 8. The summed E-state index contributed by atoms with van der Waals surface area (Å²) in [6.45, 7) is 0. The van der Waals surface area contributed by atoms with Gasteiger partial charge in [-0.1, -0.05) is 0 Å². The molecule has 0 atom stereocenters. The van der Waals surface area contributed by atoms with Crippen LogP contribution in [0.4, 0.5) is 0 Å². The van der Waals surface area contributed by atoms with E-state index in [9.17, 15) is 9.59 Å². The van der Waals surface area contributed by atoms with Gasteiger partial charge in [-0.15, -0.1) is 0 Å². The second-order valence-electron chi connectivity index (χ2n) is 5.82. The summed E-state index contributed by atoms with van der Waals surface area (Å²) in [7, 11) is 3.00. The zero-order valence-electron chi connectivity index (χ0n) is 16.2. The van der Waals surface area contributed by atoms with Crippen molar-refractivity contribution in [3.8, 4) is 17.2 Å². The van der Waals surface area contributed by atoms with E-state index in [4.69, 9.17) is 14.2 Å². The first kappa shape index (κ1) is 20.5. The van der Waals surface area contributed by atoms with Crippen LogP contribution in [0.2, 0.25) is 0 Å². The molecule has 0 spiro atoms. The van der Waals surface area contributed by atoms with Crippen LogP contribution < -0.4 is 19.6 Å². The van der Waals surface area contributed by atoms with E-state index in [1.165, 1.54) is 39.0 Å². The highest BCUT2D eigenvalue weighted by molar-refractivity contribution is 5.93. The van der Waals surface area contributed by atoms with Crippen LogP contribution in [0, 0.1) is 0 Å². The molecular weight excluding hydrogens is 388 g/mol. The number of carbonyl (C=O) groups is 2. The van der Waals surface area contributed by atoms with Gasteiger partial charge in [0.2, 0.25) is 0 Å². The molecule has 0 saturated carbocycles. The van der Waals surface area contributed by atoms with Crippen molar-refractivity contribution in [2.45, 2.75) is 0 Å². The molecule has 1 heterocycles. The summed E-state index contributed by atoms with van der Waals surface area (Å²) >= 11 is 0. The van der Waals surface area contributed by atoms with Crippen molar-refractivity contribution < 1.29 is 23.8 Å². The number of carbonyl (C=O) groups excluding carboxylic acids is 2. The number of esters is 1. The van der Waals surface area contributed by atoms with Gasteiger partial charge < -0.3 is 14.2 Å². The van der Waals surface area contributed by atoms with Crippen molar-refractivity contribution >= 4 is 18.1 Å². The molecule has 1 aromatic heterocycles. The maximum absolute atomic E-state index is 12.3. The fourth-order valence-electron chi connectivity index (χ4n) is 2.39. The third kappa shape index (κ3) is 5.16. The second kappa shape index (κ2) is 9.78. The standard InChI is InChI=1S/C21H18N4O5/c1-28-18-8-5-15(11-19(18)29-2)21(27)30-16-6-3-14(4-7-16)12-24-25-20(26)17-13-22-9-10-23-17/h3-13H,1-2H3,(H,25,26). The molecule has 0 aliphatic rings. The van der Waals surface area contributed by atoms with Crippen LogP contribution in [-0.4, -0.2) is 42.3 Å². The fourth-order valence-corrected chi connectivity index (χ4v) is 2.39. The molecule has 9 heteroatoms. The Hall–Kier alpha value is -4.27. The third-order valence-electron chi connectivity index (χ3n) is 3.89. The van der Waals surface area contributed by atoms with Crippen LogP contribution in [0.3, 0.4) is 0 Å². The molecule has 1 N–H and O–H groups in total. The van der Waals surface area contributed by atoms with Gasteiger partial charge in [-0.3, -0.25) is 9.78 Å². The number of amides is 1. The number of hydrazone groups is 1. The number of ether oxygens (including phenoxy) is 3. The number of hydrogen-bond donors (Lipinski definition) is 1. The minimum absolute atomic E-state index is 0.159. The van der Waals surface area contributed by atoms with Crippen LogP contribution in [-0.2, 0) is 0 Å². The van der Waals surface area contributed by atoms with Gasteiger partial charge in [0.1, 0.15) is 11.4 Å². The molecule has 1 amide bonds. The minimum atomic E-state index is -0.534. The Kier molecular flexibility index (Phi) is 6.67. The Morgan fingerprint density at radius 2 is 1.77 bits per heavy atom. The van der Waals surface area contributed by atoms with Gasteiger partial charge in [-0.2, -0.15) is 5.10 Å². The quantitative estimate of drug-likeness (QED) is 0.278. The highest BCUT2D eigenvalue weighted by Gasteiger charge is 2.13. The van der Waals surface area contributed by atoms with E-state index in [0.29, 0.717) is 28.4 Å². The molecule has 0 radical (unpaired) electrons. The summed E-state index contributed by atoms with van der Waals surface area (Å²) in [6, 6.07) is 11.4. The third-order valence-corrected chi connectivity index (χ3v) is 3.89. The van der Waals surface area contributed by atoms with E-state index >= 15 is 0 Å². The summed E-state index contributed by atoms with van der Waals surface area (Å²) < 4.78 is 15.7. The highest BCUT2D eigenvalue weighted by Crippen LogP contribution is 2.28. The first-order chi connectivity index (χ1) is 14.6. The first-order valence-electron chi connectivity index (χ1n) is 8.74. The molecule has 0 bridgehead atoms. The maximum atomic E-state index is 12.3. The van der Waals surface area contributed by atoms with Crippen molar-refractivity contribution in [1.82, 2.24) is 15.4 Å². The molecule has 0 fully saturated rings. The van der Waals surface area contributed by atoms with Gasteiger partial charge in [0.25, 0.3) is 5.91 Å². The van der Waals surface area contributed by atoms with Gasteiger partial charge in [-0.05, 0) is 48.0 Å². The fraction of sp³-hybridized carbons (Fsp3) is 0.0952. The van der Waals surface area contributed by atoms with Crippen molar-refractivity contribution in [1.29, 1.82) is 0 Å². The molecule has 0 saturated heterocycles.